The van der Waals surface area contributed by atoms with Crippen molar-refractivity contribution in [1.82, 2.24) is 14.8 Å². The molecule has 0 N–H and O–H groups in total. The molecule has 0 fully saturated rings. The topological polar surface area (TPSA) is 57.0 Å². The Morgan fingerprint density at radius 3 is 2.60 bits per heavy atom. The van der Waals surface area contributed by atoms with Crippen LogP contribution in [0.1, 0.15) is 17.0 Å². The van der Waals surface area contributed by atoms with Crippen molar-refractivity contribution in [3.05, 3.63) is 34.1 Å². The zero-order valence-corrected chi connectivity index (χ0v) is 13.4. The molecule has 1 aromatic heterocycles. The summed E-state index contributed by atoms with van der Waals surface area (Å²) in [5.41, 5.74) is 1.92. The number of halogens is 1. The first-order valence-corrected chi connectivity index (χ1v) is 7.95. The van der Waals surface area contributed by atoms with Crippen LogP contribution in [-0.2, 0) is 24.5 Å². The number of hydrogen-bond donors (Lipinski definition) is 0. The van der Waals surface area contributed by atoms with E-state index in [0.29, 0.717) is 11.0 Å². The van der Waals surface area contributed by atoms with Crippen molar-refractivity contribution in [2.75, 3.05) is 6.26 Å². The summed E-state index contributed by atoms with van der Waals surface area (Å²) >= 11 is 6.05. The second-order valence-electron chi connectivity index (χ2n) is 4.57. The van der Waals surface area contributed by atoms with E-state index in [-0.39, 0.29) is 6.61 Å². The van der Waals surface area contributed by atoms with Gasteiger partial charge in [0.15, 0.2) is 5.82 Å². The molecule has 5 nitrogen and oxygen atoms in total. The van der Waals surface area contributed by atoms with E-state index < -0.39 is 10.8 Å². The SMILES string of the molecule is Cc1cc(OCc2nnc(S(C)=O)n2C)c(C)cc1Cl. The van der Waals surface area contributed by atoms with Gasteiger partial charge in [-0.2, -0.15) is 0 Å². The normalized spacial score (nSPS) is 12.4. The first-order valence-electron chi connectivity index (χ1n) is 6.01. The molecule has 1 atom stereocenters. The van der Waals surface area contributed by atoms with E-state index in [1.54, 1.807) is 17.9 Å². The van der Waals surface area contributed by atoms with Gasteiger partial charge in [0.1, 0.15) is 12.4 Å². The Labute approximate surface area is 125 Å². The molecule has 0 aliphatic rings. The van der Waals surface area contributed by atoms with Crippen molar-refractivity contribution in [2.45, 2.75) is 25.6 Å². The van der Waals surface area contributed by atoms with E-state index in [0.717, 1.165) is 21.9 Å². The molecular formula is C13H16ClN3O2S. The Morgan fingerprint density at radius 2 is 2.00 bits per heavy atom. The van der Waals surface area contributed by atoms with E-state index in [1.165, 1.54) is 0 Å². The van der Waals surface area contributed by atoms with Gasteiger partial charge in [-0.15, -0.1) is 10.2 Å². The Hall–Kier alpha value is -1.40. The van der Waals surface area contributed by atoms with E-state index in [9.17, 15) is 4.21 Å². The fourth-order valence-corrected chi connectivity index (χ4v) is 2.64. The summed E-state index contributed by atoms with van der Waals surface area (Å²) < 4.78 is 18.9. The lowest BCUT2D eigenvalue weighted by atomic mass is 10.1. The van der Waals surface area contributed by atoms with E-state index in [1.807, 2.05) is 26.0 Å². The lowest BCUT2D eigenvalue weighted by Gasteiger charge is -2.10. The number of rotatable bonds is 4. The van der Waals surface area contributed by atoms with Crippen LogP contribution in [0, 0.1) is 13.8 Å². The molecule has 0 saturated heterocycles. The molecule has 0 radical (unpaired) electrons. The van der Waals surface area contributed by atoms with E-state index in [4.69, 9.17) is 16.3 Å². The van der Waals surface area contributed by atoms with E-state index >= 15 is 0 Å². The average Bonchev–Trinajstić information content (AvgIpc) is 2.74. The third kappa shape index (κ3) is 3.02. The monoisotopic (exact) mass is 313 g/mol. The third-order valence-corrected chi connectivity index (χ3v) is 4.27. The van der Waals surface area contributed by atoms with Gasteiger partial charge >= 0.3 is 0 Å². The minimum Gasteiger partial charge on any atom is -0.485 e. The summed E-state index contributed by atoms with van der Waals surface area (Å²) in [7, 11) is 0.611. The van der Waals surface area contributed by atoms with Crippen molar-refractivity contribution >= 4 is 22.4 Å². The second kappa shape index (κ2) is 5.93. The number of aryl methyl sites for hydroxylation is 2. The molecule has 0 aliphatic carbocycles. The van der Waals surface area contributed by atoms with Gasteiger partial charge in [0.05, 0.1) is 10.8 Å². The molecule has 0 amide bonds. The van der Waals surface area contributed by atoms with Gasteiger partial charge in [-0.3, -0.25) is 4.21 Å². The molecule has 1 heterocycles. The van der Waals surface area contributed by atoms with Crippen LogP contribution in [0.25, 0.3) is 0 Å². The fourth-order valence-electron chi connectivity index (χ4n) is 1.77. The fraction of sp³-hybridized carbons (Fsp3) is 0.385. The lowest BCUT2D eigenvalue weighted by molar-refractivity contribution is 0.288. The molecule has 0 saturated carbocycles. The van der Waals surface area contributed by atoms with Crippen LogP contribution in [0.15, 0.2) is 17.3 Å². The van der Waals surface area contributed by atoms with Gasteiger partial charge in [-0.05, 0) is 37.1 Å². The summed E-state index contributed by atoms with van der Waals surface area (Å²) in [5.74, 6) is 1.39. The van der Waals surface area contributed by atoms with Crippen LogP contribution < -0.4 is 4.74 Å². The molecular weight excluding hydrogens is 298 g/mol. The van der Waals surface area contributed by atoms with Gasteiger partial charge in [-0.1, -0.05) is 11.6 Å². The zero-order valence-electron chi connectivity index (χ0n) is 11.8. The maximum absolute atomic E-state index is 11.4. The summed E-state index contributed by atoms with van der Waals surface area (Å²) in [6, 6.07) is 3.77. The predicted octanol–water partition coefficient (Wildman–Crippen LogP) is 2.40. The number of nitrogens with zero attached hydrogens (tertiary/aromatic N) is 3. The van der Waals surface area contributed by atoms with Gasteiger partial charge in [-0.25, -0.2) is 0 Å². The van der Waals surface area contributed by atoms with Gasteiger partial charge in [0.2, 0.25) is 5.16 Å². The maximum Gasteiger partial charge on any atom is 0.221 e. The molecule has 0 bridgehead atoms. The molecule has 7 heteroatoms. The van der Waals surface area contributed by atoms with Gasteiger partial charge in [0.25, 0.3) is 0 Å². The quantitative estimate of drug-likeness (QED) is 0.869. The standard InChI is InChI=1S/C13H16ClN3O2S/c1-8-6-11(9(2)5-10(8)14)19-7-12-15-16-13(17(12)3)20(4)18/h5-6H,7H2,1-4H3. The average molecular weight is 314 g/mol. The molecule has 1 unspecified atom stereocenters. The predicted molar refractivity (Wildman–Crippen MR) is 78.6 cm³/mol. The van der Waals surface area contributed by atoms with Crippen molar-refractivity contribution in [1.29, 1.82) is 0 Å². The Bertz CT molecular complexity index is 670. The van der Waals surface area contributed by atoms with Crippen LogP contribution in [0.4, 0.5) is 0 Å². The largest absolute Gasteiger partial charge is 0.485 e. The van der Waals surface area contributed by atoms with Crippen molar-refractivity contribution < 1.29 is 8.95 Å². The Kier molecular flexibility index (Phi) is 4.45. The van der Waals surface area contributed by atoms with Crippen molar-refractivity contribution in [3.8, 4) is 5.75 Å². The molecule has 2 aromatic rings. The first-order chi connectivity index (χ1) is 9.40. The Balaban J connectivity index is 2.17. The number of hydrogen-bond acceptors (Lipinski definition) is 4. The highest BCUT2D eigenvalue weighted by Crippen LogP contribution is 2.26. The van der Waals surface area contributed by atoms with E-state index in [2.05, 4.69) is 10.2 Å². The molecule has 0 aliphatic heterocycles. The highest BCUT2D eigenvalue weighted by Gasteiger charge is 2.12. The molecule has 20 heavy (non-hydrogen) atoms. The van der Waals surface area contributed by atoms with Crippen LogP contribution in [0.5, 0.6) is 5.75 Å². The smallest absolute Gasteiger partial charge is 0.221 e. The number of ether oxygens (including phenoxy) is 1. The lowest BCUT2D eigenvalue weighted by Crippen LogP contribution is -2.07. The minimum absolute atomic E-state index is 0.266. The van der Waals surface area contributed by atoms with Gasteiger partial charge in [0, 0.05) is 18.3 Å². The minimum atomic E-state index is -1.16. The number of benzene rings is 1. The Morgan fingerprint density at radius 1 is 1.30 bits per heavy atom. The molecule has 1 aromatic carbocycles. The van der Waals surface area contributed by atoms with Crippen LogP contribution >= 0.6 is 11.6 Å². The molecule has 108 valence electrons. The van der Waals surface area contributed by atoms with Gasteiger partial charge < -0.3 is 9.30 Å². The summed E-state index contributed by atoms with van der Waals surface area (Å²) in [5, 5.41) is 9.04. The first kappa shape index (κ1) is 15.0. The van der Waals surface area contributed by atoms with Crippen LogP contribution in [0.3, 0.4) is 0 Å². The molecule has 0 spiro atoms. The highest BCUT2D eigenvalue weighted by atomic mass is 35.5. The zero-order chi connectivity index (χ0) is 14.9. The van der Waals surface area contributed by atoms with Crippen molar-refractivity contribution in [2.24, 2.45) is 7.05 Å². The van der Waals surface area contributed by atoms with Crippen molar-refractivity contribution in [3.63, 3.8) is 0 Å². The summed E-state index contributed by atoms with van der Waals surface area (Å²) in [6.07, 6.45) is 1.57. The maximum atomic E-state index is 11.4. The summed E-state index contributed by atoms with van der Waals surface area (Å²) in [4.78, 5) is 0. The van der Waals surface area contributed by atoms with Crippen LogP contribution in [0.2, 0.25) is 5.02 Å². The highest BCUT2D eigenvalue weighted by molar-refractivity contribution is 7.84. The molecule has 2 rings (SSSR count). The third-order valence-electron chi connectivity index (χ3n) is 3.00. The van der Waals surface area contributed by atoms with Crippen LogP contribution in [-0.4, -0.2) is 25.2 Å². The second-order valence-corrected chi connectivity index (χ2v) is 6.25. The summed E-state index contributed by atoms with van der Waals surface area (Å²) in [6.45, 7) is 4.13. The number of aromatic nitrogens is 3.